The minimum Gasteiger partial charge on any atom is -0.355 e. The molecule has 19 heavy (non-hydrogen) atoms. The second-order valence-electron chi connectivity index (χ2n) is 5.35. The first-order chi connectivity index (χ1) is 9.31. The van der Waals surface area contributed by atoms with E-state index in [4.69, 9.17) is 4.98 Å². The van der Waals surface area contributed by atoms with Crippen molar-refractivity contribution in [3.63, 3.8) is 0 Å². The molecule has 0 saturated heterocycles. The molecule has 2 aromatic rings. The van der Waals surface area contributed by atoms with Gasteiger partial charge in [0, 0.05) is 24.6 Å². The van der Waals surface area contributed by atoms with E-state index in [1.165, 1.54) is 37.8 Å². The highest BCUT2D eigenvalue weighted by atomic mass is 79.9. The molecule has 4 heteroatoms. The van der Waals surface area contributed by atoms with Crippen LogP contribution in [0.5, 0.6) is 0 Å². The predicted octanol–water partition coefficient (Wildman–Crippen LogP) is 4.00. The van der Waals surface area contributed by atoms with Gasteiger partial charge in [-0.05, 0) is 25.0 Å². The van der Waals surface area contributed by atoms with Gasteiger partial charge in [0.2, 0.25) is 0 Å². The van der Waals surface area contributed by atoms with Gasteiger partial charge in [-0.25, -0.2) is 4.98 Å². The Bertz CT molecular complexity index is 558. The molecule has 3 rings (SSSR count). The summed E-state index contributed by atoms with van der Waals surface area (Å²) in [7, 11) is 2.20. The van der Waals surface area contributed by atoms with Gasteiger partial charge in [0.05, 0.1) is 5.69 Å². The van der Waals surface area contributed by atoms with Crippen LogP contribution in [0, 0.1) is 0 Å². The van der Waals surface area contributed by atoms with Crippen molar-refractivity contribution in [3.8, 4) is 0 Å². The molecule has 2 aromatic heterocycles. The zero-order valence-corrected chi connectivity index (χ0v) is 12.9. The molecule has 1 aliphatic carbocycles. The fraction of sp³-hybridized carbons (Fsp3) is 0.533. The number of fused-ring (bicyclic) bond motifs is 1. The Kier molecular flexibility index (Phi) is 3.78. The summed E-state index contributed by atoms with van der Waals surface area (Å²) < 4.78 is 2.18. The largest absolute Gasteiger partial charge is 0.355 e. The van der Waals surface area contributed by atoms with Crippen molar-refractivity contribution in [2.24, 2.45) is 0 Å². The first-order valence-corrected chi connectivity index (χ1v) is 8.18. The second kappa shape index (κ2) is 5.53. The lowest BCUT2D eigenvalue weighted by Gasteiger charge is -2.31. The van der Waals surface area contributed by atoms with E-state index in [1.807, 2.05) is 6.07 Å². The Hall–Kier alpha value is -1.03. The Morgan fingerprint density at radius 2 is 2.11 bits per heavy atom. The lowest BCUT2D eigenvalue weighted by atomic mass is 9.94. The maximum absolute atomic E-state index is 4.82. The van der Waals surface area contributed by atoms with Gasteiger partial charge >= 0.3 is 0 Å². The topological polar surface area (TPSA) is 20.5 Å². The molecule has 102 valence electrons. The van der Waals surface area contributed by atoms with E-state index in [0.29, 0.717) is 6.04 Å². The molecule has 0 spiro atoms. The van der Waals surface area contributed by atoms with Gasteiger partial charge in [-0.3, -0.25) is 0 Å². The van der Waals surface area contributed by atoms with Crippen molar-refractivity contribution in [1.82, 2.24) is 9.38 Å². The lowest BCUT2D eigenvalue weighted by molar-refractivity contribution is 0.426. The molecule has 0 N–H and O–H groups in total. The number of hydrogen-bond acceptors (Lipinski definition) is 2. The number of hydrogen-bond donors (Lipinski definition) is 0. The number of nitrogens with zero attached hydrogens (tertiary/aromatic N) is 3. The Balaban J connectivity index is 1.98. The first-order valence-electron chi connectivity index (χ1n) is 7.06. The van der Waals surface area contributed by atoms with E-state index in [9.17, 15) is 0 Å². The molecule has 0 aromatic carbocycles. The number of alkyl halides is 1. The van der Waals surface area contributed by atoms with Crippen LogP contribution in [0.25, 0.3) is 5.65 Å². The van der Waals surface area contributed by atoms with Crippen molar-refractivity contribution in [3.05, 3.63) is 30.1 Å². The van der Waals surface area contributed by atoms with E-state index >= 15 is 0 Å². The third-order valence-corrected chi connectivity index (χ3v) is 4.72. The van der Waals surface area contributed by atoms with Crippen LogP contribution in [-0.2, 0) is 5.33 Å². The molecule has 3 nitrogen and oxygen atoms in total. The molecule has 1 saturated carbocycles. The molecular formula is C15H20BrN3. The van der Waals surface area contributed by atoms with E-state index in [2.05, 4.69) is 50.6 Å². The van der Waals surface area contributed by atoms with Gasteiger partial charge in [0.1, 0.15) is 5.65 Å². The van der Waals surface area contributed by atoms with Crippen LogP contribution in [0.3, 0.4) is 0 Å². The third-order valence-electron chi connectivity index (χ3n) is 4.19. The molecule has 0 bridgehead atoms. The van der Waals surface area contributed by atoms with Crippen LogP contribution >= 0.6 is 15.9 Å². The summed E-state index contributed by atoms with van der Waals surface area (Å²) in [4.78, 5) is 7.21. The molecule has 1 fully saturated rings. The molecule has 0 unspecified atom stereocenters. The van der Waals surface area contributed by atoms with Gasteiger partial charge in [-0.1, -0.05) is 41.3 Å². The van der Waals surface area contributed by atoms with Gasteiger partial charge < -0.3 is 9.30 Å². The fourth-order valence-corrected chi connectivity index (χ4v) is 3.60. The minimum atomic E-state index is 0.650. The molecule has 0 radical (unpaired) electrons. The highest BCUT2D eigenvalue weighted by molar-refractivity contribution is 9.08. The average molecular weight is 322 g/mol. The number of anilines is 1. The van der Waals surface area contributed by atoms with Crippen LogP contribution in [-0.4, -0.2) is 22.5 Å². The van der Waals surface area contributed by atoms with E-state index < -0.39 is 0 Å². The van der Waals surface area contributed by atoms with Crippen LogP contribution in [0.15, 0.2) is 24.4 Å². The number of imidazole rings is 1. The van der Waals surface area contributed by atoms with E-state index in [1.54, 1.807) is 0 Å². The average Bonchev–Trinajstić information content (AvgIpc) is 2.85. The first kappa shape index (κ1) is 13.0. The Morgan fingerprint density at radius 1 is 1.32 bits per heavy atom. The SMILES string of the molecule is CN(c1nc2ccccn2c1CBr)C1CCCCC1. The summed E-state index contributed by atoms with van der Waals surface area (Å²) in [6.45, 7) is 0. The third kappa shape index (κ3) is 2.38. The summed E-state index contributed by atoms with van der Waals surface area (Å²) >= 11 is 3.61. The number of aromatic nitrogens is 2. The Labute approximate surface area is 122 Å². The minimum absolute atomic E-state index is 0.650. The number of pyridine rings is 1. The molecule has 0 atom stereocenters. The maximum Gasteiger partial charge on any atom is 0.152 e. The van der Waals surface area contributed by atoms with Crippen LogP contribution < -0.4 is 4.90 Å². The molecule has 1 aliphatic rings. The molecule has 2 heterocycles. The van der Waals surface area contributed by atoms with Gasteiger partial charge in [-0.15, -0.1) is 0 Å². The van der Waals surface area contributed by atoms with Crippen LogP contribution in [0.1, 0.15) is 37.8 Å². The van der Waals surface area contributed by atoms with Crippen LogP contribution in [0.2, 0.25) is 0 Å². The highest BCUT2D eigenvalue weighted by Gasteiger charge is 2.23. The van der Waals surface area contributed by atoms with Gasteiger partial charge in [-0.2, -0.15) is 0 Å². The molecule has 0 aliphatic heterocycles. The predicted molar refractivity (Wildman–Crippen MR) is 83.1 cm³/mol. The highest BCUT2D eigenvalue weighted by Crippen LogP contribution is 2.29. The lowest BCUT2D eigenvalue weighted by Crippen LogP contribution is -2.34. The zero-order valence-electron chi connectivity index (χ0n) is 11.3. The maximum atomic E-state index is 4.82. The summed E-state index contributed by atoms with van der Waals surface area (Å²) in [6.07, 6.45) is 8.79. The van der Waals surface area contributed by atoms with E-state index in [-0.39, 0.29) is 0 Å². The molecule has 0 amide bonds. The van der Waals surface area contributed by atoms with Crippen molar-refractivity contribution < 1.29 is 0 Å². The van der Waals surface area contributed by atoms with Crippen LogP contribution in [0.4, 0.5) is 5.82 Å². The summed E-state index contributed by atoms with van der Waals surface area (Å²) in [5.41, 5.74) is 2.29. The summed E-state index contributed by atoms with van der Waals surface area (Å²) in [5.74, 6) is 1.13. The van der Waals surface area contributed by atoms with Crippen molar-refractivity contribution in [2.75, 3.05) is 11.9 Å². The van der Waals surface area contributed by atoms with Gasteiger partial charge in [0.15, 0.2) is 5.82 Å². The molecular weight excluding hydrogens is 302 g/mol. The zero-order chi connectivity index (χ0) is 13.2. The summed E-state index contributed by atoms with van der Waals surface area (Å²) in [5, 5.41) is 0.838. The second-order valence-corrected chi connectivity index (χ2v) is 5.91. The number of halogens is 1. The number of rotatable bonds is 3. The van der Waals surface area contributed by atoms with Crippen molar-refractivity contribution in [2.45, 2.75) is 43.5 Å². The Morgan fingerprint density at radius 3 is 2.84 bits per heavy atom. The standard InChI is InChI=1S/C15H20BrN3/c1-18(12-7-3-2-4-8-12)15-13(11-16)19-10-6-5-9-14(19)17-15/h5-6,9-10,12H,2-4,7-8,11H2,1H3. The van der Waals surface area contributed by atoms with Crippen molar-refractivity contribution >= 4 is 27.4 Å². The monoisotopic (exact) mass is 321 g/mol. The fourth-order valence-electron chi connectivity index (χ4n) is 3.08. The normalized spacial score (nSPS) is 16.9. The van der Waals surface area contributed by atoms with Crippen molar-refractivity contribution in [1.29, 1.82) is 0 Å². The quantitative estimate of drug-likeness (QED) is 0.796. The van der Waals surface area contributed by atoms with Gasteiger partial charge in [0.25, 0.3) is 0 Å². The summed E-state index contributed by atoms with van der Waals surface area (Å²) in [6, 6.07) is 6.83. The smallest absolute Gasteiger partial charge is 0.152 e. The van der Waals surface area contributed by atoms with E-state index in [0.717, 1.165) is 16.8 Å².